The Balaban J connectivity index is 1.77. The van der Waals surface area contributed by atoms with Gasteiger partial charge in [-0.3, -0.25) is 9.52 Å². The number of halogens is 5. The summed E-state index contributed by atoms with van der Waals surface area (Å²) >= 11 is 1.38. The molecule has 17 heteroatoms. The summed E-state index contributed by atoms with van der Waals surface area (Å²) in [6.45, 7) is 10.1. The second kappa shape index (κ2) is 16.7. The highest BCUT2D eigenvalue weighted by Crippen LogP contribution is 2.39. The number of hydrogen-bond donors (Lipinski definition) is 2. The van der Waals surface area contributed by atoms with Crippen LogP contribution in [0.2, 0.25) is 0 Å². The Labute approximate surface area is 284 Å². The fourth-order valence-corrected chi connectivity index (χ4v) is 6.71. The summed E-state index contributed by atoms with van der Waals surface area (Å²) in [5.41, 5.74) is -1.18. The van der Waals surface area contributed by atoms with Crippen molar-refractivity contribution >= 4 is 51.4 Å². The highest BCUT2D eigenvalue weighted by atomic mass is 32.2. The molecule has 0 aromatic heterocycles. The van der Waals surface area contributed by atoms with Crippen molar-refractivity contribution in [2.45, 2.75) is 123 Å². The number of unbranched alkanes of at least 4 members (excludes halogenated alkanes) is 6. The molecule has 2 rings (SSSR count). The minimum atomic E-state index is -5.50. The van der Waals surface area contributed by atoms with Crippen LogP contribution in [-0.2, 0) is 19.7 Å². The van der Waals surface area contributed by atoms with E-state index in [9.17, 15) is 44.8 Å². The Morgan fingerprint density at radius 2 is 1.48 bits per heavy atom. The maximum Gasteiger partial charge on any atom is 0.453 e. The van der Waals surface area contributed by atoms with Gasteiger partial charge in [-0.2, -0.15) is 42.1 Å². The molecule has 0 spiro atoms. The number of hydrogen-bond acceptors (Lipinski definition) is 7. The lowest BCUT2D eigenvalue weighted by atomic mass is 10.0. The van der Waals surface area contributed by atoms with Crippen molar-refractivity contribution < 1.29 is 49.5 Å². The molecule has 1 aromatic rings. The lowest BCUT2D eigenvalue weighted by Gasteiger charge is -2.27. The van der Waals surface area contributed by atoms with E-state index >= 15 is 0 Å². The van der Waals surface area contributed by atoms with Gasteiger partial charge in [-0.05, 0) is 96.1 Å². The molecule has 1 saturated heterocycles. The molecule has 0 unspecified atom stereocenters. The summed E-state index contributed by atoms with van der Waals surface area (Å²) in [6.07, 6.45) is -1.91. The SMILES string of the molecule is Cc1cc(N2C(=O)N(CCCCCCCCCSCCCC(F)(F)C(F)(F)F)C(C)(C)C2=O)ccc1NS(=O)(=O)NC(=O)OC(C)(C)C. The van der Waals surface area contributed by atoms with Crippen LogP contribution >= 0.6 is 11.8 Å². The highest BCUT2D eigenvalue weighted by Gasteiger charge is 2.56. The van der Waals surface area contributed by atoms with Gasteiger partial charge in [-0.15, -0.1) is 0 Å². The van der Waals surface area contributed by atoms with Gasteiger partial charge in [0, 0.05) is 13.0 Å². The fraction of sp³-hybridized carbons (Fsp3) is 0.710. The van der Waals surface area contributed by atoms with E-state index < -0.39 is 57.9 Å². The Morgan fingerprint density at radius 1 is 0.917 bits per heavy atom. The standard InChI is InChI=1S/C31H47F5N4O6S2/c1-22-21-23(15-16-24(22)37-48(44,45)38-26(42)46-28(2,3)4)40-25(41)29(5,6)39(27(40)43)18-12-10-8-7-9-11-13-19-47-20-14-17-30(32,33)31(34,35)36/h15-16,21,37H,7-14,17-20H2,1-6H3,(H,38,42). The van der Waals surface area contributed by atoms with Crippen molar-refractivity contribution in [2.24, 2.45) is 0 Å². The number of alkyl halides is 5. The summed E-state index contributed by atoms with van der Waals surface area (Å²) in [7, 11) is -4.33. The van der Waals surface area contributed by atoms with E-state index in [0.29, 0.717) is 24.3 Å². The number of benzene rings is 1. The Kier molecular flexibility index (Phi) is 14.4. The van der Waals surface area contributed by atoms with Crippen LogP contribution in [0.15, 0.2) is 18.2 Å². The van der Waals surface area contributed by atoms with Crippen LogP contribution in [0.3, 0.4) is 0 Å². The predicted molar refractivity (Wildman–Crippen MR) is 177 cm³/mol. The third-order valence-electron chi connectivity index (χ3n) is 7.52. The molecule has 0 aliphatic carbocycles. The number of aryl methyl sites for hydroxylation is 1. The first-order valence-corrected chi connectivity index (χ1v) is 18.4. The topological polar surface area (TPSA) is 125 Å². The van der Waals surface area contributed by atoms with Crippen LogP contribution in [0, 0.1) is 6.92 Å². The Bertz CT molecular complexity index is 1380. The van der Waals surface area contributed by atoms with E-state index in [2.05, 4.69) is 4.72 Å². The largest absolute Gasteiger partial charge is 0.453 e. The number of anilines is 2. The minimum Gasteiger partial charge on any atom is -0.443 e. The number of carbonyl (C=O) groups is 3. The zero-order valence-corrected chi connectivity index (χ0v) is 29.9. The second-order valence-electron chi connectivity index (χ2n) is 13.2. The normalized spacial score (nSPS) is 15.6. The van der Waals surface area contributed by atoms with Gasteiger partial charge >= 0.3 is 34.4 Å². The van der Waals surface area contributed by atoms with Gasteiger partial charge in [0.05, 0.1) is 11.4 Å². The lowest BCUT2D eigenvalue weighted by Crippen LogP contribution is -2.44. The monoisotopic (exact) mass is 730 g/mol. The van der Waals surface area contributed by atoms with E-state index in [4.69, 9.17) is 4.74 Å². The quantitative estimate of drug-likeness (QED) is 0.0887. The van der Waals surface area contributed by atoms with Crippen LogP contribution in [0.5, 0.6) is 0 Å². The predicted octanol–water partition coefficient (Wildman–Crippen LogP) is 8.17. The molecule has 1 aliphatic heterocycles. The molecule has 10 nitrogen and oxygen atoms in total. The smallest absolute Gasteiger partial charge is 0.443 e. The third kappa shape index (κ3) is 12.3. The van der Waals surface area contributed by atoms with E-state index in [1.165, 1.54) is 34.9 Å². The third-order valence-corrected chi connectivity index (χ3v) is 9.60. The molecule has 0 radical (unpaired) electrons. The average Bonchev–Trinajstić information content (AvgIpc) is 3.08. The van der Waals surface area contributed by atoms with Crippen molar-refractivity contribution in [2.75, 3.05) is 27.7 Å². The highest BCUT2D eigenvalue weighted by molar-refractivity contribution is 7.99. The van der Waals surface area contributed by atoms with Crippen molar-refractivity contribution in [3.05, 3.63) is 23.8 Å². The minimum absolute atomic E-state index is 0.135. The molecule has 1 fully saturated rings. The molecule has 2 N–H and O–H groups in total. The van der Waals surface area contributed by atoms with Gasteiger partial charge in [0.25, 0.3) is 5.91 Å². The van der Waals surface area contributed by atoms with Gasteiger partial charge in [-0.25, -0.2) is 19.2 Å². The van der Waals surface area contributed by atoms with E-state index in [0.717, 1.165) is 43.4 Å². The molecule has 1 heterocycles. The molecular weight excluding hydrogens is 683 g/mol. The number of nitrogens with zero attached hydrogens (tertiary/aromatic N) is 2. The van der Waals surface area contributed by atoms with Crippen LogP contribution in [0.1, 0.15) is 98.0 Å². The summed E-state index contributed by atoms with van der Waals surface area (Å²) in [5.74, 6) is -4.08. The van der Waals surface area contributed by atoms with Crippen molar-refractivity contribution in [1.82, 2.24) is 9.62 Å². The van der Waals surface area contributed by atoms with Crippen LogP contribution in [0.4, 0.5) is 42.9 Å². The molecule has 0 bridgehead atoms. The summed E-state index contributed by atoms with van der Waals surface area (Å²) in [4.78, 5) is 41.2. The van der Waals surface area contributed by atoms with Gasteiger partial charge in [0.2, 0.25) is 0 Å². The summed E-state index contributed by atoms with van der Waals surface area (Å²) < 4.78 is 96.2. The zero-order valence-electron chi connectivity index (χ0n) is 28.3. The molecule has 0 saturated carbocycles. The van der Waals surface area contributed by atoms with Crippen molar-refractivity contribution in [3.8, 4) is 0 Å². The van der Waals surface area contributed by atoms with Gasteiger partial charge in [0.1, 0.15) is 11.1 Å². The van der Waals surface area contributed by atoms with Gasteiger partial charge < -0.3 is 9.64 Å². The first-order chi connectivity index (χ1) is 22.0. The van der Waals surface area contributed by atoms with Crippen LogP contribution in [-0.4, -0.2) is 72.6 Å². The maximum absolute atomic E-state index is 13.4. The number of ether oxygens (including phenoxy) is 1. The second-order valence-corrected chi connectivity index (χ2v) is 15.9. The van der Waals surface area contributed by atoms with E-state index in [1.807, 2.05) is 0 Å². The number of thioether (sulfide) groups is 1. The zero-order chi connectivity index (χ0) is 36.6. The average molecular weight is 731 g/mol. The maximum atomic E-state index is 13.4. The van der Waals surface area contributed by atoms with Crippen molar-refractivity contribution in [3.63, 3.8) is 0 Å². The lowest BCUT2D eigenvalue weighted by molar-refractivity contribution is -0.284. The van der Waals surface area contributed by atoms with Crippen LogP contribution < -0.4 is 14.3 Å². The molecule has 48 heavy (non-hydrogen) atoms. The number of nitrogens with one attached hydrogen (secondary N) is 2. The molecular formula is C31H47F5N4O6S2. The number of imide groups is 1. The van der Waals surface area contributed by atoms with Gasteiger partial charge in [0.15, 0.2) is 0 Å². The first-order valence-electron chi connectivity index (χ1n) is 15.8. The Morgan fingerprint density at radius 3 is 2.04 bits per heavy atom. The fourth-order valence-electron chi connectivity index (χ4n) is 4.92. The number of urea groups is 1. The van der Waals surface area contributed by atoms with E-state index in [1.54, 1.807) is 46.3 Å². The van der Waals surface area contributed by atoms with Crippen LogP contribution in [0.25, 0.3) is 0 Å². The first kappa shape index (κ1) is 41.4. The number of rotatable bonds is 18. The Hall–Kier alpha value is -2.82. The molecule has 0 atom stereocenters. The molecule has 1 aliphatic rings. The molecule has 1 aromatic carbocycles. The number of amides is 4. The van der Waals surface area contributed by atoms with E-state index in [-0.39, 0.29) is 23.5 Å². The molecule has 4 amide bonds. The molecule has 274 valence electrons. The summed E-state index contributed by atoms with van der Waals surface area (Å²) in [5, 5.41) is 0. The van der Waals surface area contributed by atoms with Gasteiger partial charge in [-0.1, -0.05) is 32.1 Å². The number of carbonyl (C=O) groups excluding carboxylic acids is 3. The van der Waals surface area contributed by atoms with Crippen molar-refractivity contribution in [1.29, 1.82) is 0 Å². The summed E-state index contributed by atoms with van der Waals surface area (Å²) in [6, 6.07) is 3.86.